The van der Waals surface area contributed by atoms with Gasteiger partial charge in [-0.15, -0.1) is 0 Å². The van der Waals surface area contributed by atoms with E-state index in [9.17, 15) is 4.79 Å². The molecule has 0 radical (unpaired) electrons. The highest BCUT2D eigenvalue weighted by molar-refractivity contribution is 5.76. The first-order valence-electron chi connectivity index (χ1n) is 3.91. The average molecular weight is 170 g/mol. The SMILES string of the molecule is O=C(O)N1C[C@H]2C[C@H]2[C@@H]1/C=N\O. The van der Waals surface area contributed by atoms with Crippen LogP contribution in [0.5, 0.6) is 0 Å². The maximum absolute atomic E-state index is 10.6. The minimum atomic E-state index is -0.924. The highest BCUT2D eigenvalue weighted by atomic mass is 16.4. The van der Waals surface area contributed by atoms with Crippen LogP contribution < -0.4 is 0 Å². The van der Waals surface area contributed by atoms with Crippen molar-refractivity contribution in [3.63, 3.8) is 0 Å². The second-order valence-corrected chi connectivity index (χ2v) is 3.35. The molecular formula is C7H10N2O3. The van der Waals surface area contributed by atoms with Crippen LogP contribution in [0.2, 0.25) is 0 Å². The van der Waals surface area contributed by atoms with E-state index in [1.54, 1.807) is 0 Å². The maximum atomic E-state index is 10.6. The lowest BCUT2D eigenvalue weighted by Gasteiger charge is -2.20. The molecule has 1 heterocycles. The van der Waals surface area contributed by atoms with Crippen LogP contribution in [-0.2, 0) is 0 Å². The molecule has 0 aromatic rings. The lowest BCUT2D eigenvalue weighted by molar-refractivity contribution is 0.143. The van der Waals surface area contributed by atoms with E-state index in [1.807, 2.05) is 0 Å². The van der Waals surface area contributed by atoms with E-state index in [-0.39, 0.29) is 6.04 Å². The van der Waals surface area contributed by atoms with Crippen molar-refractivity contribution in [2.45, 2.75) is 12.5 Å². The lowest BCUT2D eigenvalue weighted by atomic mass is 10.2. The molecular weight excluding hydrogens is 160 g/mol. The van der Waals surface area contributed by atoms with Crippen LogP contribution in [0, 0.1) is 11.8 Å². The average Bonchev–Trinajstić information content (AvgIpc) is 2.69. The Hall–Kier alpha value is -1.26. The Morgan fingerprint density at radius 1 is 1.67 bits per heavy atom. The number of carboxylic acid groups (broad SMARTS) is 1. The number of piperidine rings is 1. The molecule has 1 saturated carbocycles. The molecule has 0 unspecified atom stereocenters. The summed E-state index contributed by atoms with van der Waals surface area (Å²) in [5.74, 6) is 0.904. The Morgan fingerprint density at radius 3 is 3.00 bits per heavy atom. The predicted molar refractivity (Wildman–Crippen MR) is 40.4 cm³/mol. The van der Waals surface area contributed by atoms with Crippen LogP contribution in [0.15, 0.2) is 5.16 Å². The molecule has 0 aromatic heterocycles. The number of likely N-dealkylation sites (tertiary alicyclic amines) is 1. The van der Waals surface area contributed by atoms with E-state index in [0.29, 0.717) is 18.4 Å². The maximum Gasteiger partial charge on any atom is 0.407 e. The van der Waals surface area contributed by atoms with Crippen molar-refractivity contribution < 1.29 is 15.1 Å². The van der Waals surface area contributed by atoms with E-state index in [0.717, 1.165) is 6.42 Å². The largest absolute Gasteiger partial charge is 0.465 e. The number of rotatable bonds is 1. The third kappa shape index (κ3) is 0.929. The summed E-state index contributed by atoms with van der Waals surface area (Å²) < 4.78 is 0. The van der Waals surface area contributed by atoms with Gasteiger partial charge >= 0.3 is 6.09 Å². The standard InChI is InChI=1S/C7H10N2O3/c10-7(11)9-3-4-1-5(4)6(9)2-8-12/h2,4-6,12H,1,3H2,(H,10,11)/b8-2-/t4-,5-,6+/m1/s1. The highest BCUT2D eigenvalue weighted by Gasteiger charge is 2.53. The molecule has 2 aliphatic rings. The Bertz CT molecular complexity index is 241. The van der Waals surface area contributed by atoms with Crippen LogP contribution in [0.3, 0.4) is 0 Å². The molecule has 1 amide bonds. The molecule has 12 heavy (non-hydrogen) atoms. The molecule has 5 heteroatoms. The van der Waals surface area contributed by atoms with Crippen molar-refractivity contribution in [2.75, 3.05) is 6.54 Å². The molecule has 5 nitrogen and oxygen atoms in total. The van der Waals surface area contributed by atoms with Crippen molar-refractivity contribution >= 4 is 12.3 Å². The van der Waals surface area contributed by atoms with Gasteiger partial charge in [0.1, 0.15) is 0 Å². The summed E-state index contributed by atoms with van der Waals surface area (Å²) in [7, 11) is 0. The third-order valence-corrected chi connectivity index (χ3v) is 2.67. The van der Waals surface area contributed by atoms with Crippen molar-refractivity contribution in [3.05, 3.63) is 0 Å². The van der Waals surface area contributed by atoms with E-state index < -0.39 is 6.09 Å². The molecule has 66 valence electrons. The van der Waals surface area contributed by atoms with Crippen LogP contribution >= 0.6 is 0 Å². The lowest BCUT2D eigenvalue weighted by Crippen LogP contribution is -2.38. The summed E-state index contributed by atoms with van der Waals surface area (Å²) in [6.45, 7) is 0.594. The van der Waals surface area contributed by atoms with E-state index >= 15 is 0 Å². The van der Waals surface area contributed by atoms with Gasteiger partial charge in [-0.1, -0.05) is 5.16 Å². The van der Waals surface area contributed by atoms with E-state index in [2.05, 4.69) is 5.16 Å². The van der Waals surface area contributed by atoms with Gasteiger partial charge < -0.3 is 10.3 Å². The molecule has 2 rings (SSSR count). The highest BCUT2D eigenvalue weighted by Crippen LogP contribution is 2.48. The predicted octanol–water partition coefficient (Wildman–Crippen LogP) is 0.445. The van der Waals surface area contributed by atoms with Gasteiger partial charge in [0.15, 0.2) is 0 Å². The fourth-order valence-electron chi connectivity index (χ4n) is 1.97. The number of hydrogen-bond acceptors (Lipinski definition) is 3. The first kappa shape index (κ1) is 7.39. The first-order valence-corrected chi connectivity index (χ1v) is 3.91. The smallest absolute Gasteiger partial charge is 0.407 e. The van der Waals surface area contributed by atoms with Crippen molar-refractivity contribution in [2.24, 2.45) is 17.0 Å². The van der Waals surface area contributed by atoms with Gasteiger partial charge in [0.2, 0.25) is 0 Å². The summed E-state index contributed by atoms with van der Waals surface area (Å²) in [6, 6.07) is -0.197. The summed E-state index contributed by atoms with van der Waals surface area (Å²) >= 11 is 0. The van der Waals surface area contributed by atoms with Gasteiger partial charge in [0.05, 0.1) is 12.3 Å². The fraction of sp³-hybridized carbons (Fsp3) is 0.714. The molecule has 1 saturated heterocycles. The minimum Gasteiger partial charge on any atom is -0.465 e. The Morgan fingerprint density at radius 2 is 2.42 bits per heavy atom. The first-order chi connectivity index (χ1) is 5.74. The van der Waals surface area contributed by atoms with Gasteiger partial charge in [-0.3, -0.25) is 4.90 Å². The monoisotopic (exact) mass is 170 g/mol. The van der Waals surface area contributed by atoms with Crippen molar-refractivity contribution in [1.29, 1.82) is 0 Å². The van der Waals surface area contributed by atoms with Crippen molar-refractivity contribution in [3.8, 4) is 0 Å². The zero-order valence-electron chi connectivity index (χ0n) is 6.42. The normalized spacial score (nSPS) is 38.7. The fourth-order valence-corrected chi connectivity index (χ4v) is 1.97. The van der Waals surface area contributed by atoms with Gasteiger partial charge in [-0.25, -0.2) is 4.79 Å². The molecule has 2 fully saturated rings. The Balaban J connectivity index is 2.10. The summed E-state index contributed by atoms with van der Waals surface area (Å²) in [4.78, 5) is 12.0. The quantitative estimate of drug-likeness (QED) is 0.341. The van der Waals surface area contributed by atoms with Crippen LogP contribution in [0.1, 0.15) is 6.42 Å². The van der Waals surface area contributed by atoms with Gasteiger partial charge in [0, 0.05) is 6.54 Å². The zero-order chi connectivity index (χ0) is 8.72. The number of amides is 1. The second kappa shape index (κ2) is 2.36. The molecule has 2 N–H and O–H groups in total. The second-order valence-electron chi connectivity index (χ2n) is 3.35. The number of hydrogen-bond donors (Lipinski definition) is 2. The van der Waals surface area contributed by atoms with Crippen LogP contribution in [-0.4, -0.2) is 40.1 Å². The molecule has 0 spiro atoms. The van der Waals surface area contributed by atoms with E-state index in [4.69, 9.17) is 10.3 Å². The molecule has 0 bridgehead atoms. The third-order valence-electron chi connectivity index (χ3n) is 2.67. The van der Waals surface area contributed by atoms with Gasteiger partial charge in [-0.05, 0) is 18.3 Å². The van der Waals surface area contributed by atoms with Gasteiger partial charge in [0.25, 0.3) is 0 Å². The van der Waals surface area contributed by atoms with Crippen LogP contribution in [0.25, 0.3) is 0 Å². The number of fused-ring (bicyclic) bond motifs is 1. The molecule has 3 atom stereocenters. The van der Waals surface area contributed by atoms with Gasteiger partial charge in [-0.2, -0.15) is 0 Å². The topological polar surface area (TPSA) is 73.1 Å². The summed E-state index contributed by atoms with van der Waals surface area (Å²) in [5, 5.41) is 19.9. The zero-order valence-corrected chi connectivity index (χ0v) is 6.42. The molecule has 0 aromatic carbocycles. The molecule has 1 aliphatic heterocycles. The summed E-state index contributed by atoms with van der Waals surface area (Å²) in [5.41, 5.74) is 0. The number of carbonyl (C=O) groups is 1. The Labute approximate surface area is 69.3 Å². The molecule has 1 aliphatic carbocycles. The van der Waals surface area contributed by atoms with Crippen LogP contribution in [0.4, 0.5) is 4.79 Å². The van der Waals surface area contributed by atoms with E-state index in [1.165, 1.54) is 11.1 Å². The minimum absolute atomic E-state index is 0.197. The number of nitrogens with zero attached hydrogens (tertiary/aromatic N) is 2. The number of oxime groups is 1. The van der Waals surface area contributed by atoms with Crippen molar-refractivity contribution in [1.82, 2.24) is 4.90 Å². The Kier molecular flexibility index (Phi) is 1.46. The summed E-state index contributed by atoms with van der Waals surface area (Å²) in [6.07, 6.45) is 1.46.